The van der Waals surface area contributed by atoms with Crippen molar-refractivity contribution in [2.75, 3.05) is 13.2 Å². The lowest BCUT2D eigenvalue weighted by atomic mass is 9.66. The van der Waals surface area contributed by atoms with Crippen molar-refractivity contribution in [2.45, 2.75) is 86.0 Å². The zero-order valence-electron chi connectivity index (χ0n) is 16.0. The van der Waals surface area contributed by atoms with Crippen molar-refractivity contribution in [3.8, 4) is 0 Å². The number of rotatable bonds is 6. The summed E-state index contributed by atoms with van der Waals surface area (Å²) in [5, 5.41) is 0. The van der Waals surface area contributed by atoms with Gasteiger partial charge in [0.25, 0.3) is 0 Å². The largest absolute Gasteiger partial charge is 0.462 e. The molecule has 134 valence electrons. The fourth-order valence-corrected chi connectivity index (χ4v) is 3.62. The lowest BCUT2D eigenvalue weighted by Crippen LogP contribution is -2.42. The van der Waals surface area contributed by atoms with Gasteiger partial charge in [0.2, 0.25) is 0 Å². The highest BCUT2D eigenvalue weighted by Gasteiger charge is 2.59. The molecular formula is C19H34O4. The monoisotopic (exact) mass is 326 g/mol. The van der Waals surface area contributed by atoms with E-state index in [4.69, 9.17) is 14.2 Å². The smallest absolute Gasteiger partial charge is 0.312 e. The van der Waals surface area contributed by atoms with Gasteiger partial charge >= 0.3 is 5.97 Å². The first kappa shape index (κ1) is 18.7. The molecule has 0 aromatic heterocycles. The van der Waals surface area contributed by atoms with Gasteiger partial charge in [-0.2, -0.15) is 0 Å². The Morgan fingerprint density at radius 2 is 1.83 bits per heavy atom. The molecule has 0 spiro atoms. The molecule has 1 saturated carbocycles. The Hall–Kier alpha value is -0.610. The van der Waals surface area contributed by atoms with Gasteiger partial charge in [-0.3, -0.25) is 4.79 Å². The standard InChI is InChI=1S/C19H34O4/c1-8-19(7)22-12-14(23-19)11-21-15(20)18(6,13-16(2,3)4)17(5)9-10-17/h14H,8-13H2,1-7H3. The summed E-state index contributed by atoms with van der Waals surface area (Å²) in [6.45, 7) is 15.6. The lowest BCUT2D eigenvalue weighted by Gasteiger charge is -2.39. The second-order valence-electron chi connectivity index (χ2n) is 9.27. The van der Waals surface area contributed by atoms with Crippen LogP contribution in [0.3, 0.4) is 0 Å². The van der Waals surface area contributed by atoms with Gasteiger partial charge in [-0.15, -0.1) is 0 Å². The summed E-state index contributed by atoms with van der Waals surface area (Å²) in [5.74, 6) is -0.616. The topological polar surface area (TPSA) is 44.8 Å². The van der Waals surface area contributed by atoms with Crippen LogP contribution >= 0.6 is 0 Å². The van der Waals surface area contributed by atoms with Gasteiger partial charge in [0.15, 0.2) is 5.79 Å². The predicted octanol–water partition coefficient (Wildman–Crippen LogP) is 4.31. The third-order valence-corrected chi connectivity index (χ3v) is 5.70. The molecule has 0 aromatic rings. The third-order valence-electron chi connectivity index (χ3n) is 5.70. The summed E-state index contributed by atoms with van der Waals surface area (Å²) in [6.07, 6.45) is 3.67. The van der Waals surface area contributed by atoms with E-state index in [1.54, 1.807) is 0 Å². The van der Waals surface area contributed by atoms with Gasteiger partial charge < -0.3 is 14.2 Å². The fraction of sp³-hybridized carbons (Fsp3) is 0.947. The highest BCUT2D eigenvalue weighted by molar-refractivity contribution is 5.78. The predicted molar refractivity (Wildman–Crippen MR) is 90.0 cm³/mol. The number of hydrogen-bond acceptors (Lipinski definition) is 4. The SMILES string of the molecule is CCC1(C)OCC(COC(=O)C(C)(CC(C)(C)C)C2(C)CC2)O1. The summed E-state index contributed by atoms with van der Waals surface area (Å²) in [6, 6.07) is 0. The van der Waals surface area contributed by atoms with Crippen LogP contribution in [0, 0.1) is 16.2 Å². The molecule has 2 rings (SSSR count). The summed E-state index contributed by atoms with van der Waals surface area (Å²) in [5.41, 5.74) is -0.270. The molecule has 1 heterocycles. The normalized spacial score (nSPS) is 32.4. The molecule has 0 N–H and O–H groups in total. The van der Waals surface area contributed by atoms with E-state index in [1.165, 1.54) is 0 Å². The van der Waals surface area contributed by atoms with Crippen LogP contribution in [-0.4, -0.2) is 31.1 Å². The minimum atomic E-state index is -0.533. The maximum absolute atomic E-state index is 12.9. The summed E-state index contributed by atoms with van der Waals surface area (Å²) < 4.78 is 17.2. The Morgan fingerprint density at radius 1 is 1.22 bits per heavy atom. The molecule has 0 bridgehead atoms. The summed E-state index contributed by atoms with van der Waals surface area (Å²) in [4.78, 5) is 12.9. The van der Waals surface area contributed by atoms with Crippen LogP contribution in [0.15, 0.2) is 0 Å². The van der Waals surface area contributed by atoms with E-state index in [9.17, 15) is 4.79 Å². The molecule has 2 fully saturated rings. The number of carbonyl (C=O) groups excluding carboxylic acids is 1. The molecule has 0 radical (unpaired) electrons. The second-order valence-corrected chi connectivity index (χ2v) is 9.27. The Kier molecular flexibility index (Phi) is 4.91. The highest BCUT2D eigenvalue weighted by Crippen LogP contribution is 2.62. The van der Waals surface area contributed by atoms with E-state index in [2.05, 4.69) is 34.6 Å². The van der Waals surface area contributed by atoms with Crippen LogP contribution in [-0.2, 0) is 19.0 Å². The van der Waals surface area contributed by atoms with Crippen molar-refractivity contribution in [1.29, 1.82) is 0 Å². The molecule has 4 nitrogen and oxygen atoms in total. The average molecular weight is 326 g/mol. The Balaban J connectivity index is 1.97. The fourth-order valence-electron chi connectivity index (χ4n) is 3.62. The van der Waals surface area contributed by atoms with Crippen LogP contribution in [0.25, 0.3) is 0 Å². The lowest BCUT2D eigenvalue weighted by molar-refractivity contribution is -0.175. The van der Waals surface area contributed by atoms with Gasteiger partial charge in [-0.1, -0.05) is 34.6 Å². The summed E-state index contributed by atoms with van der Waals surface area (Å²) >= 11 is 0. The van der Waals surface area contributed by atoms with Crippen molar-refractivity contribution >= 4 is 5.97 Å². The van der Waals surface area contributed by atoms with Gasteiger partial charge in [0.05, 0.1) is 12.0 Å². The molecule has 3 unspecified atom stereocenters. The molecule has 1 aliphatic carbocycles. The molecule has 1 saturated heterocycles. The number of ether oxygens (including phenoxy) is 3. The molecule has 23 heavy (non-hydrogen) atoms. The quantitative estimate of drug-likeness (QED) is 0.682. The minimum Gasteiger partial charge on any atom is -0.462 e. The van der Waals surface area contributed by atoms with E-state index < -0.39 is 11.2 Å². The zero-order valence-corrected chi connectivity index (χ0v) is 16.0. The van der Waals surface area contributed by atoms with Crippen LogP contribution in [0.1, 0.15) is 74.1 Å². The minimum absolute atomic E-state index is 0.0718. The third kappa shape index (κ3) is 4.08. The van der Waals surface area contributed by atoms with Crippen molar-refractivity contribution in [2.24, 2.45) is 16.2 Å². The molecule has 4 heteroatoms. The van der Waals surface area contributed by atoms with Crippen LogP contribution in [0.5, 0.6) is 0 Å². The van der Waals surface area contributed by atoms with E-state index in [-0.39, 0.29) is 29.5 Å². The Bertz CT molecular complexity index is 449. The van der Waals surface area contributed by atoms with Crippen LogP contribution in [0.4, 0.5) is 0 Å². The second kappa shape index (κ2) is 6.03. The van der Waals surface area contributed by atoms with Gasteiger partial charge in [0, 0.05) is 0 Å². The van der Waals surface area contributed by atoms with Crippen molar-refractivity contribution < 1.29 is 19.0 Å². The van der Waals surface area contributed by atoms with E-state index in [0.717, 1.165) is 25.7 Å². The van der Waals surface area contributed by atoms with Crippen LogP contribution in [0.2, 0.25) is 0 Å². The molecule has 1 aliphatic heterocycles. The highest BCUT2D eigenvalue weighted by atomic mass is 16.7. The first-order chi connectivity index (χ1) is 10.4. The zero-order chi connectivity index (χ0) is 17.5. The molecule has 0 amide bonds. The molecule has 3 atom stereocenters. The van der Waals surface area contributed by atoms with Gasteiger partial charge in [0.1, 0.15) is 12.7 Å². The first-order valence-electron chi connectivity index (χ1n) is 8.92. The Labute approximate surface area is 141 Å². The van der Waals surface area contributed by atoms with Crippen molar-refractivity contribution in [1.82, 2.24) is 0 Å². The molecular weight excluding hydrogens is 292 g/mol. The average Bonchev–Trinajstić information content (AvgIpc) is 3.08. The van der Waals surface area contributed by atoms with Gasteiger partial charge in [-0.25, -0.2) is 0 Å². The Morgan fingerprint density at radius 3 is 2.26 bits per heavy atom. The van der Waals surface area contributed by atoms with E-state index >= 15 is 0 Å². The maximum atomic E-state index is 12.9. The van der Waals surface area contributed by atoms with Gasteiger partial charge in [-0.05, 0) is 50.4 Å². The maximum Gasteiger partial charge on any atom is 0.312 e. The molecule has 2 aliphatic rings. The number of carbonyl (C=O) groups is 1. The first-order valence-corrected chi connectivity index (χ1v) is 8.92. The van der Waals surface area contributed by atoms with E-state index in [1.807, 2.05) is 13.8 Å². The molecule has 0 aromatic carbocycles. The van der Waals surface area contributed by atoms with E-state index in [0.29, 0.717) is 6.61 Å². The van der Waals surface area contributed by atoms with Crippen LogP contribution < -0.4 is 0 Å². The van der Waals surface area contributed by atoms with Crippen molar-refractivity contribution in [3.05, 3.63) is 0 Å². The number of esters is 1. The number of hydrogen-bond donors (Lipinski definition) is 0. The summed E-state index contributed by atoms with van der Waals surface area (Å²) in [7, 11) is 0. The van der Waals surface area contributed by atoms with Crippen molar-refractivity contribution in [3.63, 3.8) is 0 Å².